The van der Waals surface area contributed by atoms with Gasteiger partial charge in [0.25, 0.3) is 0 Å². The molecule has 8 aromatic carbocycles. The molecule has 0 spiro atoms. The number of hydrogen-bond acceptors (Lipinski definition) is 2. The molecule has 0 atom stereocenters. The van der Waals surface area contributed by atoms with E-state index in [4.69, 9.17) is 4.42 Å². The summed E-state index contributed by atoms with van der Waals surface area (Å²) >= 11 is 0. The molecule has 2 nitrogen and oxygen atoms in total. The van der Waals surface area contributed by atoms with E-state index < -0.39 is 0 Å². The van der Waals surface area contributed by atoms with Crippen LogP contribution in [0, 0.1) is 0 Å². The van der Waals surface area contributed by atoms with Crippen LogP contribution in [-0.4, -0.2) is 0 Å². The number of para-hydroxylation sites is 2. The van der Waals surface area contributed by atoms with Gasteiger partial charge in [-0.05, 0) is 105 Å². The second-order valence-electron chi connectivity index (χ2n) is 15.8. The van der Waals surface area contributed by atoms with Crippen LogP contribution in [0.2, 0.25) is 0 Å². The normalized spacial score (nSPS) is 14.4. The number of hydrogen-bond donors (Lipinski definition) is 0. The topological polar surface area (TPSA) is 16.4 Å². The fraction of sp³-hybridized carbons (Fsp3) is 0.0943. The molecule has 0 N–H and O–H groups in total. The van der Waals surface area contributed by atoms with Gasteiger partial charge in [0.1, 0.15) is 11.2 Å². The quantitative estimate of drug-likeness (QED) is 0.177. The summed E-state index contributed by atoms with van der Waals surface area (Å²) < 4.78 is 6.98. The molecule has 0 aliphatic heterocycles. The summed E-state index contributed by atoms with van der Waals surface area (Å²) in [5.41, 5.74) is 19.0. The Balaban J connectivity index is 1.01. The van der Waals surface area contributed by atoms with Gasteiger partial charge in [0, 0.05) is 50.3 Å². The molecule has 2 aliphatic carbocycles. The van der Waals surface area contributed by atoms with Crippen molar-refractivity contribution in [1.82, 2.24) is 0 Å². The standard InChI is InChI=1S/C53H39NO/c1-52(2)45-20-10-7-16-39(45)42-30-26-35(32-49(42)52)34-24-27-37(28-25-34)54(36-14-5-4-6-15-36)38-29-31-43-44-19-13-23-48(51(44)55-50(43)33-38)53(3)46-21-11-8-17-40(46)41-18-9-12-22-47(41)53/h4-33H,1-3H3. The maximum atomic E-state index is 6.98. The van der Waals surface area contributed by atoms with Crippen molar-refractivity contribution in [3.63, 3.8) is 0 Å². The van der Waals surface area contributed by atoms with Crippen LogP contribution < -0.4 is 4.90 Å². The van der Waals surface area contributed by atoms with Gasteiger partial charge in [-0.1, -0.05) is 147 Å². The third-order valence-corrected chi connectivity index (χ3v) is 12.6. The first-order valence-electron chi connectivity index (χ1n) is 19.3. The van der Waals surface area contributed by atoms with Crippen LogP contribution in [-0.2, 0) is 10.8 Å². The molecule has 11 rings (SSSR count). The van der Waals surface area contributed by atoms with Gasteiger partial charge in [0.2, 0.25) is 0 Å². The van der Waals surface area contributed by atoms with E-state index in [2.05, 4.69) is 208 Å². The third-order valence-electron chi connectivity index (χ3n) is 12.6. The smallest absolute Gasteiger partial charge is 0.139 e. The molecular weight excluding hydrogens is 667 g/mol. The molecule has 0 bridgehead atoms. The summed E-state index contributed by atoms with van der Waals surface area (Å²) in [7, 11) is 0. The number of rotatable bonds is 5. The van der Waals surface area contributed by atoms with Crippen LogP contribution in [0.3, 0.4) is 0 Å². The van der Waals surface area contributed by atoms with E-state index in [1.54, 1.807) is 0 Å². The molecular formula is C53H39NO. The first kappa shape index (κ1) is 31.8. The molecule has 2 aliphatic rings. The zero-order valence-electron chi connectivity index (χ0n) is 31.2. The zero-order chi connectivity index (χ0) is 36.9. The van der Waals surface area contributed by atoms with Crippen LogP contribution in [0.15, 0.2) is 186 Å². The lowest BCUT2D eigenvalue weighted by atomic mass is 9.74. The maximum Gasteiger partial charge on any atom is 0.139 e. The second-order valence-corrected chi connectivity index (χ2v) is 15.8. The third kappa shape index (κ3) is 4.55. The van der Waals surface area contributed by atoms with Crippen LogP contribution in [0.25, 0.3) is 55.3 Å². The van der Waals surface area contributed by atoms with Crippen LogP contribution in [0.5, 0.6) is 0 Å². The Morgan fingerprint density at radius 1 is 0.382 bits per heavy atom. The molecule has 9 aromatic rings. The minimum Gasteiger partial charge on any atom is -0.456 e. The minimum absolute atomic E-state index is 0.0359. The Morgan fingerprint density at radius 2 is 0.927 bits per heavy atom. The highest BCUT2D eigenvalue weighted by atomic mass is 16.3. The van der Waals surface area contributed by atoms with Gasteiger partial charge in [-0.3, -0.25) is 0 Å². The molecule has 0 saturated heterocycles. The molecule has 0 fully saturated rings. The van der Waals surface area contributed by atoms with E-state index in [0.717, 1.165) is 39.0 Å². The lowest BCUT2D eigenvalue weighted by molar-refractivity contribution is 0.638. The first-order valence-corrected chi connectivity index (χ1v) is 19.3. The van der Waals surface area contributed by atoms with Gasteiger partial charge in [0.05, 0.1) is 0 Å². The highest BCUT2D eigenvalue weighted by Gasteiger charge is 2.42. The van der Waals surface area contributed by atoms with Gasteiger partial charge in [-0.15, -0.1) is 0 Å². The summed E-state index contributed by atoms with van der Waals surface area (Å²) in [5.74, 6) is 0. The Bertz CT molecular complexity index is 2920. The Morgan fingerprint density at radius 3 is 1.64 bits per heavy atom. The average molecular weight is 706 g/mol. The summed E-state index contributed by atoms with van der Waals surface area (Å²) in [6, 6.07) is 66.4. The van der Waals surface area contributed by atoms with Gasteiger partial charge < -0.3 is 9.32 Å². The van der Waals surface area contributed by atoms with Gasteiger partial charge >= 0.3 is 0 Å². The highest BCUT2D eigenvalue weighted by molar-refractivity contribution is 6.08. The van der Waals surface area contributed by atoms with Crippen molar-refractivity contribution in [3.05, 3.63) is 210 Å². The number of furan rings is 1. The van der Waals surface area contributed by atoms with E-state index in [1.807, 2.05) is 0 Å². The van der Waals surface area contributed by atoms with Gasteiger partial charge in [0.15, 0.2) is 0 Å². The maximum absolute atomic E-state index is 6.98. The van der Waals surface area contributed by atoms with Gasteiger partial charge in [-0.2, -0.15) is 0 Å². The molecule has 0 radical (unpaired) electrons. The van der Waals surface area contributed by atoms with Crippen molar-refractivity contribution in [3.8, 4) is 33.4 Å². The summed E-state index contributed by atoms with van der Waals surface area (Å²) in [4.78, 5) is 2.32. The highest BCUT2D eigenvalue weighted by Crippen LogP contribution is 2.54. The summed E-state index contributed by atoms with van der Waals surface area (Å²) in [5, 5.41) is 2.26. The Kier molecular flexibility index (Phi) is 6.76. The fourth-order valence-corrected chi connectivity index (χ4v) is 9.77. The molecule has 1 aromatic heterocycles. The van der Waals surface area contributed by atoms with Crippen molar-refractivity contribution < 1.29 is 4.42 Å². The average Bonchev–Trinajstić information content (AvgIpc) is 3.82. The van der Waals surface area contributed by atoms with E-state index in [1.165, 1.54) is 61.2 Å². The van der Waals surface area contributed by atoms with Crippen molar-refractivity contribution in [2.45, 2.75) is 31.6 Å². The zero-order valence-corrected chi connectivity index (χ0v) is 31.2. The summed E-state index contributed by atoms with van der Waals surface area (Å²) in [6.07, 6.45) is 0. The van der Waals surface area contributed by atoms with Crippen LogP contribution in [0.1, 0.15) is 48.6 Å². The molecule has 55 heavy (non-hydrogen) atoms. The van der Waals surface area contributed by atoms with Crippen LogP contribution >= 0.6 is 0 Å². The molecule has 0 amide bonds. The monoisotopic (exact) mass is 705 g/mol. The lowest BCUT2D eigenvalue weighted by Crippen LogP contribution is -2.22. The largest absolute Gasteiger partial charge is 0.456 e. The molecule has 0 saturated carbocycles. The van der Waals surface area contributed by atoms with Crippen molar-refractivity contribution in [2.75, 3.05) is 4.90 Å². The fourth-order valence-electron chi connectivity index (χ4n) is 9.77. The molecule has 262 valence electrons. The van der Waals surface area contributed by atoms with Crippen molar-refractivity contribution in [2.24, 2.45) is 0 Å². The van der Waals surface area contributed by atoms with E-state index >= 15 is 0 Å². The van der Waals surface area contributed by atoms with E-state index in [9.17, 15) is 0 Å². The number of fused-ring (bicyclic) bond motifs is 9. The number of nitrogens with zero attached hydrogens (tertiary/aromatic N) is 1. The second kappa shape index (κ2) is 11.7. The van der Waals surface area contributed by atoms with Crippen molar-refractivity contribution in [1.29, 1.82) is 0 Å². The Hall–Kier alpha value is -6.64. The van der Waals surface area contributed by atoms with E-state index in [-0.39, 0.29) is 10.8 Å². The molecule has 2 heteroatoms. The Labute approximate surface area is 322 Å². The molecule has 1 heterocycles. The minimum atomic E-state index is -0.347. The lowest BCUT2D eigenvalue weighted by Gasteiger charge is -2.28. The van der Waals surface area contributed by atoms with Crippen LogP contribution in [0.4, 0.5) is 17.1 Å². The predicted molar refractivity (Wildman–Crippen MR) is 229 cm³/mol. The first-order chi connectivity index (χ1) is 26.9. The van der Waals surface area contributed by atoms with Gasteiger partial charge in [-0.25, -0.2) is 0 Å². The number of benzene rings is 8. The number of anilines is 3. The SMILES string of the molecule is CC1(C)c2ccccc2-c2ccc(-c3ccc(N(c4ccccc4)c4ccc5c(c4)oc4c(C6(C)c7ccccc7-c7ccccc76)cccc45)cc3)cc21. The summed E-state index contributed by atoms with van der Waals surface area (Å²) in [6.45, 7) is 7.04. The van der Waals surface area contributed by atoms with Crippen molar-refractivity contribution >= 4 is 39.0 Å². The predicted octanol–water partition coefficient (Wildman–Crippen LogP) is 14.4. The molecule has 0 unspecified atom stereocenters. The van der Waals surface area contributed by atoms with E-state index in [0.29, 0.717) is 0 Å².